The molecule has 268 valence electrons. The summed E-state index contributed by atoms with van der Waals surface area (Å²) in [4.78, 5) is 0. The van der Waals surface area contributed by atoms with Gasteiger partial charge in [0.2, 0.25) is 0 Å². The summed E-state index contributed by atoms with van der Waals surface area (Å²) in [6, 6.07) is 76.3. The molecule has 57 heavy (non-hydrogen) atoms. The molecular weight excluding hydrogens is 693 g/mol. The fourth-order valence-corrected chi connectivity index (χ4v) is 8.54. The molecule has 0 radical (unpaired) electrons. The standard InChI is InChI=1S/C55H36O2/c1-2-10-36(11-3-1)37-20-22-38(23-21-37)39-24-26-40(27-25-39)55(45-14-8-12-41(32-45)43-28-30-53-49(34-43)47-16-4-6-18-51(47)56-53)46-15-9-13-42(33-46)44-29-31-54-50(35-44)48-17-5-7-19-52(48)57-54/h1-35,55H. The predicted molar refractivity (Wildman–Crippen MR) is 237 cm³/mol. The van der Waals surface area contributed by atoms with Crippen LogP contribution in [0.2, 0.25) is 0 Å². The fraction of sp³-hybridized carbons (Fsp3) is 0.0182. The van der Waals surface area contributed by atoms with Crippen LogP contribution in [0, 0.1) is 0 Å². The minimum Gasteiger partial charge on any atom is -0.456 e. The van der Waals surface area contributed by atoms with E-state index >= 15 is 0 Å². The molecule has 2 heterocycles. The van der Waals surface area contributed by atoms with Crippen molar-refractivity contribution in [3.05, 3.63) is 229 Å². The molecule has 0 aliphatic heterocycles. The van der Waals surface area contributed by atoms with Gasteiger partial charge in [-0.15, -0.1) is 0 Å². The quantitative estimate of drug-likeness (QED) is 0.153. The predicted octanol–water partition coefficient (Wildman–Crippen LogP) is 15.3. The first-order valence-electron chi connectivity index (χ1n) is 19.5. The normalized spacial score (nSPS) is 11.7. The Morgan fingerprint density at radius 2 is 0.596 bits per heavy atom. The third-order valence-electron chi connectivity index (χ3n) is 11.4. The largest absolute Gasteiger partial charge is 0.456 e. The van der Waals surface area contributed by atoms with E-state index in [-0.39, 0.29) is 5.92 Å². The van der Waals surface area contributed by atoms with Gasteiger partial charge >= 0.3 is 0 Å². The number of rotatable bonds is 7. The van der Waals surface area contributed by atoms with Gasteiger partial charge < -0.3 is 8.83 Å². The summed E-state index contributed by atoms with van der Waals surface area (Å²) in [6.45, 7) is 0. The highest BCUT2D eigenvalue weighted by atomic mass is 16.3. The number of fused-ring (bicyclic) bond motifs is 6. The van der Waals surface area contributed by atoms with E-state index in [2.05, 4.69) is 188 Å². The number of furan rings is 2. The topological polar surface area (TPSA) is 26.3 Å². The van der Waals surface area contributed by atoms with Gasteiger partial charge in [0.1, 0.15) is 22.3 Å². The number of para-hydroxylation sites is 2. The molecule has 2 heteroatoms. The fourth-order valence-electron chi connectivity index (χ4n) is 8.54. The van der Waals surface area contributed by atoms with E-state index in [9.17, 15) is 0 Å². The van der Waals surface area contributed by atoms with Crippen molar-refractivity contribution in [2.24, 2.45) is 0 Å². The zero-order valence-corrected chi connectivity index (χ0v) is 31.1. The van der Waals surface area contributed by atoms with Crippen LogP contribution >= 0.6 is 0 Å². The Labute approximate surface area is 330 Å². The second kappa shape index (κ2) is 13.7. The summed E-state index contributed by atoms with van der Waals surface area (Å²) in [5.74, 6) is -0.00335. The van der Waals surface area contributed by atoms with Crippen molar-refractivity contribution < 1.29 is 8.83 Å². The molecule has 0 atom stereocenters. The van der Waals surface area contributed by atoms with Gasteiger partial charge in [-0.3, -0.25) is 0 Å². The Hall–Kier alpha value is -7.42. The van der Waals surface area contributed by atoms with Crippen LogP contribution in [0.3, 0.4) is 0 Å². The molecule has 0 aliphatic rings. The van der Waals surface area contributed by atoms with Crippen molar-refractivity contribution in [1.82, 2.24) is 0 Å². The molecule has 0 fully saturated rings. The maximum absolute atomic E-state index is 6.17. The molecule has 11 aromatic rings. The molecule has 2 nitrogen and oxygen atoms in total. The molecule has 0 unspecified atom stereocenters. The first-order valence-corrected chi connectivity index (χ1v) is 19.5. The molecule has 0 saturated carbocycles. The molecule has 0 amide bonds. The monoisotopic (exact) mass is 728 g/mol. The minimum absolute atomic E-state index is 0.00335. The first-order chi connectivity index (χ1) is 28.2. The lowest BCUT2D eigenvalue weighted by atomic mass is 9.82. The van der Waals surface area contributed by atoms with Crippen molar-refractivity contribution in [3.8, 4) is 44.5 Å². The van der Waals surface area contributed by atoms with Crippen LogP contribution in [0.5, 0.6) is 0 Å². The molecule has 9 aromatic carbocycles. The molecular formula is C55H36O2. The summed E-state index contributed by atoms with van der Waals surface area (Å²) in [5, 5.41) is 4.54. The van der Waals surface area contributed by atoms with Crippen LogP contribution in [-0.2, 0) is 0 Å². The third-order valence-corrected chi connectivity index (χ3v) is 11.4. The summed E-state index contributed by atoms with van der Waals surface area (Å²) in [6.07, 6.45) is 0. The van der Waals surface area contributed by atoms with Crippen LogP contribution in [0.15, 0.2) is 221 Å². The Morgan fingerprint density at radius 3 is 1.11 bits per heavy atom. The van der Waals surface area contributed by atoms with Gasteiger partial charge in [0.05, 0.1) is 0 Å². The van der Waals surface area contributed by atoms with E-state index in [1.54, 1.807) is 0 Å². The van der Waals surface area contributed by atoms with Crippen molar-refractivity contribution >= 4 is 43.9 Å². The summed E-state index contributed by atoms with van der Waals surface area (Å²) in [5.41, 5.74) is 16.9. The first kappa shape index (κ1) is 33.0. The number of benzene rings is 9. The second-order valence-corrected chi connectivity index (χ2v) is 14.9. The van der Waals surface area contributed by atoms with Crippen molar-refractivity contribution in [1.29, 1.82) is 0 Å². The number of hydrogen-bond donors (Lipinski definition) is 0. The van der Waals surface area contributed by atoms with Crippen molar-refractivity contribution in [3.63, 3.8) is 0 Å². The Kier molecular flexibility index (Phi) is 7.93. The number of hydrogen-bond acceptors (Lipinski definition) is 2. The SMILES string of the molecule is c1ccc(-c2ccc(-c3ccc(C(c4cccc(-c5ccc6oc7ccccc7c6c5)c4)c4cccc(-c5ccc6oc7ccccc7c6c5)c4)cc3)cc2)cc1. The van der Waals surface area contributed by atoms with Gasteiger partial charge in [-0.25, -0.2) is 0 Å². The minimum atomic E-state index is -0.00335. The molecule has 0 saturated heterocycles. The zero-order chi connectivity index (χ0) is 37.7. The highest BCUT2D eigenvalue weighted by Crippen LogP contribution is 2.39. The van der Waals surface area contributed by atoms with E-state index in [0.29, 0.717) is 0 Å². The summed E-state index contributed by atoms with van der Waals surface area (Å²) < 4.78 is 12.3. The van der Waals surface area contributed by atoms with Crippen LogP contribution in [0.1, 0.15) is 22.6 Å². The second-order valence-electron chi connectivity index (χ2n) is 14.9. The van der Waals surface area contributed by atoms with Crippen molar-refractivity contribution in [2.75, 3.05) is 0 Å². The highest BCUT2D eigenvalue weighted by Gasteiger charge is 2.20. The maximum atomic E-state index is 6.17. The average Bonchev–Trinajstić information content (AvgIpc) is 3.85. The summed E-state index contributed by atoms with van der Waals surface area (Å²) in [7, 11) is 0. The molecule has 0 N–H and O–H groups in total. The molecule has 0 spiro atoms. The van der Waals surface area contributed by atoms with Crippen molar-refractivity contribution in [2.45, 2.75) is 5.92 Å². The Balaban J connectivity index is 1.01. The van der Waals surface area contributed by atoms with E-state index in [1.165, 1.54) is 61.2 Å². The molecule has 2 aromatic heterocycles. The lowest BCUT2D eigenvalue weighted by Crippen LogP contribution is -2.04. The van der Waals surface area contributed by atoms with Gasteiger partial charge in [-0.2, -0.15) is 0 Å². The maximum Gasteiger partial charge on any atom is 0.135 e. The smallest absolute Gasteiger partial charge is 0.135 e. The molecule has 0 bridgehead atoms. The van der Waals surface area contributed by atoms with Crippen LogP contribution in [0.25, 0.3) is 88.4 Å². The van der Waals surface area contributed by atoms with E-state index in [1.807, 2.05) is 24.3 Å². The van der Waals surface area contributed by atoms with Crippen LogP contribution in [0.4, 0.5) is 0 Å². The van der Waals surface area contributed by atoms with Crippen LogP contribution < -0.4 is 0 Å². The van der Waals surface area contributed by atoms with Gasteiger partial charge in [-0.05, 0) is 97.6 Å². The van der Waals surface area contributed by atoms with E-state index in [0.717, 1.165) is 43.9 Å². The van der Waals surface area contributed by atoms with Gasteiger partial charge in [0, 0.05) is 27.5 Å². The average molecular weight is 729 g/mol. The van der Waals surface area contributed by atoms with Gasteiger partial charge in [-0.1, -0.05) is 176 Å². The lowest BCUT2D eigenvalue weighted by molar-refractivity contribution is 0.668. The van der Waals surface area contributed by atoms with Gasteiger partial charge in [0.15, 0.2) is 0 Å². The zero-order valence-electron chi connectivity index (χ0n) is 31.1. The third kappa shape index (κ3) is 6.00. The van der Waals surface area contributed by atoms with E-state index in [4.69, 9.17) is 8.83 Å². The Morgan fingerprint density at radius 1 is 0.228 bits per heavy atom. The van der Waals surface area contributed by atoms with Gasteiger partial charge in [0.25, 0.3) is 0 Å². The molecule has 11 rings (SSSR count). The van der Waals surface area contributed by atoms with E-state index < -0.39 is 0 Å². The lowest BCUT2D eigenvalue weighted by Gasteiger charge is -2.21. The molecule has 0 aliphatic carbocycles. The highest BCUT2D eigenvalue weighted by molar-refractivity contribution is 6.07. The van der Waals surface area contributed by atoms with Crippen LogP contribution in [-0.4, -0.2) is 0 Å². The Bertz CT molecular complexity index is 3060. The summed E-state index contributed by atoms with van der Waals surface area (Å²) >= 11 is 0.